The number of hydrogen-bond donors (Lipinski definition) is 2. The summed E-state index contributed by atoms with van der Waals surface area (Å²) >= 11 is 1.60. The summed E-state index contributed by atoms with van der Waals surface area (Å²) in [6.07, 6.45) is -2.44. The van der Waals surface area contributed by atoms with Crippen LogP contribution in [0.15, 0.2) is 41.8 Å². The number of rotatable bonds is 8. The minimum Gasteiger partial charge on any atom is -0.405 e. The van der Waals surface area contributed by atoms with Gasteiger partial charge in [0.15, 0.2) is 0 Å². The lowest BCUT2D eigenvalue weighted by atomic mass is 9.87. The van der Waals surface area contributed by atoms with Crippen molar-refractivity contribution in [2.45, 2.75) is 50.6 Å². The van der Waals surface area contributed by atoms with E-state index in [1.165, 1.54) is 18.2 Å². The average molecular weight is 426 g/mol. The zero-order valence-corrected chi connectivity index (χ0v) is 16.4. The Hall–Kier alpha value is -2.55. The average Bonchev–Trinajstić information content (AvgIpc) is 3.28. The molecule has 9 heteroatoms. The number of thiophene rings is 1. The molecule has 2 heterocycles. The highest BCUT2D eigenvalue weighted by Gasteiger charge is 2.38. The molecule has 3 rings (SSSR count). The number of amides is 2. The molecule has 1 aromatic heterocycles. The van der Waals surface area contributed by atoms with E-state index in [0.29, 0.717) is 25.7 Å². The maximum atomic E-state index is 12.5. The van der Waals surface area contributed by atoms with Gasteiger partial charge in [-0.3, -0.25) is 9.59 Å². The SMILES string of the molecule is O=C(CC[C@@]1(Cc2cccs2)CCC(=O)N1)NCc1ccccc1OC(F)(F)F. The summed E-state index contributed by atoms with van der Waals surface area (Å²) in [7, 11) is 0. The molecule has 1 aliphatic rings. The first-order valence-electron chi connectivity index (χ1n) is 9.18. The predicted molar refractivity (Wildman–Crippen MR) is 102 cm³/mol. The Labute approximate surface area is 170 Å². The first-order chi connectivity index (χ1) is 13.7. The number of halogens is 3. The van der Waals surface area contributed by atoms with E-state index < -0.39 is 11.9 Å². The Balaban J connectivity index is 1.56. The molecule has 156 valence electrons. The molecule has 29 heavy (non-hydrogen) atoms. The van der Waals surface area contributed by atoms with Crippen molar-refractivity contribution in [3.05, 3.63) is 52.2 Å². The third-order valence-electron chi connectivity index (χ3n) is 4.83. The van der Waals surface area contributed by atoms with E-state index in [1.807, 2.05) is 17.5 Å². The number of ether oxygens (including phenoxy) is 1. The van der Waals surface area contributed by atoms with E-state index in [2.05, 4.69) is 15.4 Å². The van der Waals surface area contributed by atoms with Gasteiger partial charge in [-0.25, -0.2) is 0 Å². The Morgan fingerprint density at radius 2 is 2.03 bits per heavy atom. The maximum absolute atomic E-state index is 12.5. The second-order valence-electron chi connectivity index (χ2n) is 7.02. The third kappa shape index (κ3) is 6.22. The third-order valence-corrected chi connectivity index (χ3v) is 5.71. The lowest BCUT2D eigenvalue weighted by molar-refractivity contribution is -0.274. The van der Waals surface area contributed by atoms with Crippen LogP contribution >= 0.6 is 11.3 Å². The van der Waals surface area contributed by atoms with Gasteiger partial charge in [0.25, 0.3) is 0 Å². The molecular formula is C20H21F3N2O3S. The molecule has 1 saturated heterocycles. The molecule has 0 saturated carbocycles. The number of hydrogen-bond acceptors (Lipinski definition) is 4. The molecule has 2 N–H and O–H groups in total. The van der Waals surface area contributed by atoms with Crippen LogP contribution in [0.2, 0.25) is 0 Å². The predicted octanol–water partition coefficient (Wildman–Crippen LogP) is 3.93. The molecule has 1 aromatic carbocycles. The highest BCUT2D eigenvalue weighted by atomic mass is 32.1. The zero-order chi connectivity index (χ0) is 20.9. The Morgan fingerprint density at radius 1 is 1.24 bits per heavy atom. The van der Waals surface area contributed by atoms with Crippen LogP contribution in [0.5, 0.6) is 5.75 Å². The first-order valence-corrected chi connectivity index (χ1v) is 10.1. The molecule has 1 aliphatic heterocycles. The van der Waals surface area contributed by atoms with Gasteiger partial charge < -0.3 is 15.4 Å². The van der Waals surface area contributed by atoms with E-state index in [4.69, 9.17) is 0 Å². The molecule has 0 aliphatic carbocycles. The van der Waals surface area contributed by atoms with Crippen molar-refractivity contribution in [2.24, 2.45) is 0 Å². The van der Waals surface area contributed by atoms with Crippen molar-refractivity contribution >= 4 is 23.2 Å². The molecule has 2 aromatic rings. The summed E-state index contributed by atoms with van der Waals surface area (Å²) in [5.74, 6) is -0.656. The van der Waals surface area contributed by atoms with Crippen LogP contribution < -0.4 is 15.4 Å². The molecule has 5 nitrogen and oxygen atoms in total. The van der Waals surface area contributed by atoms with Gasteiger partial charge in [0.05, 0.1) is 0 Å². The van der Waals surface area contributed by atoms with E-state index in [9.17, 15) is 22.8 Å². The second kappa shape index (κ2) is 8.86. The fourth-order valence-electron chi connectivity index (χ4n) is 3.44. The molecule has 1 atom stereocenters. The fraction of sp³-hybridized carbons (Fsp3) is 0.400. The first kappa shape index (κ1) is 21.2. The Morgan fingerprint density at radius 3 is 2.69 bits per heavy atom. The van der Waals surface area contributed by atoms with Gasteiger partial charge >= 0.3 is 6.36 Å². The largest absolute Gasteiger partial charge is 0.573 e. The highest BCUT2D eigenvalue weighted by molar-refractivity contribution is 7.09. The number of alkyl halides is 3. The summed E-state index contributed by atoms with van der Waals surface area (Å²) < 4.78 is 41.5. The standard InChI is InChI=1S/C20H21F3N2O3S/c21-20(22,23)28-16-6-2-1-4-14(16)13-24-17(26)7-9-19(10-8-18(27)25-19)12-15-5-3-11-29-15/h1-6,11H,7-10,12-13H2,(H,24,26)(H,25,27)/t19-/m0/s1. The molecular weight excluding hydrogens is 405 g/mol. The van der Waals surface area contributed by atoms with Gasteiger partial charge in [0, 0.05) is 41.8 Å². The lowest BCUT2D eigenvalue weighted by Gasteiger charge is -2.28. The number of carbonyl (C=O) groups is 2. The molecule has 0 unspecified atom stereocenters. The normalized spacial score (nSPS) is 19.1. The van der Waals surface area contributed by atoms with E-state index in [1.54, 1.807) is 17.4 Å². The number of para-hydroxylation sites is 1. The Kier molecular flexibility index (Phi) is 6.46. The van der Waals surface area contributed by atoms with Crippen LogP contribution in [0.1, 0.15) is 36.1 Å². The van der Waals surface area contributed by atoms with E-state index in [-0.39, 0.29) is 36.1 Å². The minimum absolute atomic E-state index is 0.0276. The van der Waals surface area contributed by atoms with Gasteiger partial charge in [0.1, 0.15) is 5.75 Å². The quantitative estimate of drug-likeness (QED) is 0.672. The molecule has 0 spiro atoms. The Bertz CT molecular complexity index is 855. The topological polar surface area (TPSA) is 67.4 Å². The van der Waals surface area contributed by atoms with Crippen molar-refractivity contribution in [3.8, 4) is 5.75 Å². The van der Waals surface area contributed by atoms with Crippen molar-refractivity contribution in [3.63, 3.8) is 0 Å². The molecule has 1 fully saturated rings. The smallest absolute Gasteiger partial charge is 0.405 e. The molecule has 0 bridgehead atoms. The summed E-state index contributed by atoms with van der Waals surface area (Å²) in [6.45, 7) is -0.0740. The van der Waals surface area contributed by atoms with Crippen molar-refractivity contribution in [1.82, 2.24) is 10.6 Å². The summed E-state index contributed by atoms with van der Waals surface area (Å²) in [5, 5.41) is 7.62. The van der Waals surface area contributed by atoms with Crippen molar-refractivity contribution < 1.29 is 27.5 Å². The fourth-order valence-corrected chi connectivity index (χ4v) is 4.29. The lowest BCUT2D eigenvalue weighted by Crippen LogP contribution is -2.44. The zero-order valence-electron chi connectivity index (χ0n) is 15.6. The summed E-state index contributed by atoms with van der Waals surface area (Å²) in [5.41, 5.74) is -0.225. The van der Waals surface area contributed by atoms with Crippen LogP contribution in [0.25, 0.3) is 0 Å². The highest BCUT2D eigenvalue weighted by Crippen LogP contribution is 2.31. The number of carbonyl (C=O) groups excluding carboxylic acids is 2. The van der Waals surface area contributed by atoms with Gasteiger partial charge in [-0.05, 0) is 30.4 Å². The van der Waals surface area contributed by atoms with E-state index in [0.717, 1.165) is 4.88 Å². The number of benzene rings is 1. The second-order valence-corrected chi connectivity index (χ2v) is 8.05. The van der Waals surface area contributed by atoms with Crippen LogP contribution in [0, 0.1) is 0 Å². The van der Waals surface area contributed by atoms with Crippen LogP contribution in [0.4, 0.5) is 13.2 Å². The van der Waals surface area contributed by atoms with Crippen LogP contribution in [0.3, 0.4) is 0 Å². The summed E-state index contributed by atoms with van der Waals surface area (Å²) in [4.78, 5) is 25.2. The van der Waals surface area contributed by atoms with Gasteiger partial charge in [-0.15, -0.1) is 24.5 Å². The minimum atomic E-state index is -4.80. The van der Waals surface area contributed by atoms with Crippen LogP contribution in [-0.2, 0) is 22.6 Å². The monoisotopic (exact) mass is 426 g/mol. The van der Waals surface area contributed by atoms with Crippen LogP contribution in [-0.4, -0.2) is 23.7 Å². The summed E-state index contributed by atoms with van der Waals surface area (Å²) in [6, 6.07) is 9.63. The maximum Gasteiger partial charge on any atom is 0.573 e. The van der Waals surface area contributed by atoms with Gasteiger partial charge in [-0.2, -0.15) is 0 Å². The van der Waals surface area contributed by atoms with Gasteiger partial charge in [-0.1, -0.05) is 24.3 Å². The van der Waals surface area contributed by atoms with Gasteiger partial charge in [0.2, 0.25) is 11.8 Å². The van der Waals surface area contributed by atoms with Crippen molar-refractivity contribution in [2.75, 3.05) is 0 Å². The molecule has 0 radical (unpaired) electrons. The molecule has 2 amide bonds. The van der Waals surface area contributed by atoms with E-state index >= 15 is 0 Å². The van der Waals surface area contributed by atoms with Crippen molar-refractivity contribution in [1.29, 1.82) is 0 Å². The number of nitrogens with one attached hydrogen (secondary N) is 2.